The summed E-state index contributed by atoms with van der Waals surface area (Å²) in [5, 5.41) is 4.33. The first-order chi connectivity index (χ1) is 13.4. The summed E-state index contributed by atoms with van der Waals surface area (Å²) >= 11 is 9.19. The highest BCUT2D eigenvalue weighted by atomic mass is 79.9. The number of nitrogens with one attached hydrogen (secondary N) is 1. The van der Waals surface area contributed by atoms with E-state index in [4.69, 9.17) is 16.3 Å². The maximum Gasteiger partial charge on any atom is 0.276 e. The smallest absolute Gasteiger partial charge is 0.276 e. The second-order valence-corrected chi connectivity index (χ2v) is 8.78. The Morgan fingerprint density at radius 3 is 2.46 bits per heavy atom. The molecule has 0 aromatic heterocycles. The molecule has 28 heavy (non-hydrogen) atoms. The van der Waals surface area contributed by atoms with Gasteiger partial charge in [-0.2, -0.15) is 13.5 Å². The van der Waals surface area contributed by atoms with Gasteiger partial charge in [-0.25, -0.2) is 4.83 Å². The Balaban J connectivity index is 1.73. The van der Waals surface area contributed by atoms with Gasteiger partial charge in [0.05, 0.1) is 11.1 Å². The zero-order valence-electron chi connectivity index (χ0n) is 14.5. The molecule has 5 nitrogen and oxygen atoms in total. The van der Waals surface area contributed by atoms with Crippen molar-refractivity contribution in [2.24, 2.45) is 5.10 Å². The van der Waals surface area contributed by atoms with Gasteiger partial charge in [-0.1, -0.05) is 57.9 Å². The van der Waals surface area contributed by atoms with Crippen LogP contribution in [0.4, 0.5) is 0 Å². The van der Waals surface area contributed by atoms with Crippen LogP contribution in [-0.4, -0.2) is 14.6 Å². The Bertz CT molecular complexity index is 1070. The Hall–Kier alpha value is -2.35. The Kier molecular flexibility index (Phi) is 6.72. The summed E-state index contributed by atoms with van der Waals surface area (Å²) in [7, 11) is -3.78. The molecule has 0 atom stereocenters. The summed E-state index contributed by atoms with van der Waals surface area (Å²) in [6.07, 6.45) is 1.40. The molecule has 0 fully saturated rings. The molecule has 0 bridgehead atoms. The molecule has 3 rings (SSSR count). The van der Waals surface area contributed by atoms with Gasteiger partial charge in [-0.05, 0) is 48.0 Å². The van der Waals surface area contributed by atoms with Crippen LogP contribution in [0.5, 0.6) is 5.75 Å². The number of hydrogen-bond acceptors (Lipinski definition) is 4. The van der Waals surface area contributed by atoms with Crippen molar-refractivity contribution >= 4 is 43.8 Å². The number of nitrogens with zero attached hydrogens (tertiary/aromatic N) is 1. The number of benzene rings is 3. The van der Waals surface area contributed by atoms with Crippen molar-refractivity contribution in [3.63, 3.8) is 0 Å². The lowest BCUT2D eigenvalue weighted by molar-refractivity contribution is 0.305. The molecule has 0 saturated heterocycles. The second-order valence-electron chi connectivity index (χ2n) is 5.76. The summed E-state index contributed by atoms with van der Waals surface area (Å²) in [4.78, 5) is 2.26. The molecule has 1 N–H and O–H groups in total. The van der Waals surface area contributed by atoms with E-state index in [0.717, 1.165) is 10.0 Å². The van der Waals surface area contributed by atoms with Crippen LogP contribution in [0.15, 0.2) is 87.3 Å². The van der Waals surface area contributed by atoms with Crippen LogP contribution in [-0.2, 0) is 16.6 Å². The Labute approximate surface area is 177 Å². The lowest BCUT2D eigenvalue weighted by Gasteiger charge is -2.10. The van der Waals surface area contributed by atoms with Crippen molar-refractivity contribution < 1.29 is 13.2 Å². The summed E-state index contributed by atoms with van der Waals surface area (Å²) in [5.41, 5.74) is 1.65. The fourth-order valence-corrected chi connectivity index (χ4v) is 3.61. The van der Waals surface area contributed by atoms with E-state index < -0.39 is 10.0 Å². The van der Waals surface area contributed by atoms with Gasteiger partial charge >= 0.3 is 0 Å². The number of rotatable bonds is 7. The molecule has 3 aromatic rings. The number of halogens is 2. The third kappa shape index (κ3) is 5.58. The van der Waals surface area contributed by atoms with Gasteiger partial charge in [0.25, 0.3) is 10.0 Å². The molecule has 0 heterocycles. The van der Waals surface area contributed by atoms with E-state index in [-0.39, 0.29) is 4.90 Å². The number of sulfonamides is 1. The molecule has 0 aliphatic carbocycles. The molecule has 0 aliphatic heterocycles. The number of ether oxygens (including phenoxy) is 1. The van der Waals surface area contributed by atoms with Gasteiger partial charge in [0.2, 0.25) is 0 Å². The van der Waals surface area contributed by atoms with Crippen molar-refractivity contribution in [3.05, 3.63) is 93.4 Å². The van der Waals surface area contributed by atoms with Crippen LogP contribution in [0.3, 0.4) is 0 Å². The highest BCUT2D eigenvalue weighted by molar-refractivity contribution is 9.10. The summed E-state index contributed by atoms with van der Waals surface area (Å²) in [6.45, 7) is 0.389. The first kappa shape index (κ1) is 20.4. The van der Waals surface area contributed by atoms with E-state index in [1.165, 1.54) is 30.5 Å². The summed E-state index contributed by atoms with van der Waals surface area (Å²) < 4.78 is 31.3. The van der Waals surface area contributed by atoms with E-state index >= 15 is 0 Å². The lowest BCUT2D eigenvalue weighted by atomic mass is 10.2. The van der Waals surface area contributed by atoms with Crippen LogP contribution in [0, 0.1) is 0 Å². The molecule has 3 aromatic carbocycles. The molecular formula is C20H16BrClN2O3S. The topological polar surface area (TPSA) is 67.8 Å². The molecule has 144 valence electrons. The van der Waals surface area contributed by atoms with Gasteiger partial charge in [-0.3, -0.25) is 0 Å². The van der Waals surface area contributed by atoms with Crippen LogP contribution in [0.2, 0.25) is 5.02 Å². The molecule has 8 heteroatoms. The number of hydrazone groups is 1. The number of hydrogen-bond donors (Lipinski definition) is 1. The maximum atomic E-state index is 12.3. The largest absolute Gasteiger partial charge is 0.488 e. The third-order valence-electron chi connectivity index (χ3n) is 3.71. The predicted octanol–water partition coefficient (Wildman–Crippen LogP) is 4.99. The van der Waals surface area contributed by atoms with E-state index in [0.29, 0.717) is 22.9 Å². The fourth-order valence-electron chi connectivity index (χ4n) is 2.32. The summed E-state index contributed by atoms with van der Waals surface area (Å²) in [5.74, 6) is 0.585. The maximum absolute atomic E-state index is 12.3. The summed E-state index contributed by atoms with van der Waals surface area (Å²) in [6, 6.07) is 21.0. The highest BCUT2D eigenvalue weighted by Crippen LogP contribution is 2.23. The zero-order chi connectivity index (χ0) is 20.0. The van der Waals surface area contributed by atoms with Crippen LogP contribution in [0.1, 0.15) is 11.1 Å². The van der Waals surface area contributed by atoms with Crippen LogP contribution in [0.25, 0.3) is 0 Å². The highest BCUT2D eigenvalue weighted by Gasteiger charge is 2.12. The van der Waals surface area contributed by atoms with Crippen LogP contribution >= 0.6 is 27.5 Å². The standard InChI is InChI=1S/C20H16BrClN2O3S/c21-17-6-11-20(27-14-15-4-2-1-3-5-15)16(12-17)13-23-24-28(25,26)19-9-7-18(22)8-10-19/h1-13,24H,14H2/b23-13+. The molecule has 0 unspecified atom stereocenters. The van der Waals surface area contributed by atoms with Gasteiger partial charge in [0.15, 0.2) is 0 Å². The molecule has 0 aliphatic rings. The van der Waals surface area contributed by atoms with Crippen molar-refractivity contribution in [1.29, 1.82) is 0 Å². The first-order valence-electron chi connectivity index (χ1n) is 8.21. The van der Waals surface area contributed by atoms with E-state index in [9.17, 15) is 8.42 Å². The van der Waals surface area contributed by atoms with Gasteiger partial charge in [-0.15, -0.1) is 0 Å². The zero-order valence-corrected chi connectivity index (χ0v) is 17.7. The minimum absolute atomic E-state index is 0.0730. The fraction of sp³-hybridized carbons (Fsp3) is 0.0500. The lowest BCUT2D eigenvalue weighted by Crippen LogP contribution is -2.18. The average Bonchev–Trinajstić information content (AvgIpc) is 2.68. The molecule has 0 radical (unpaired) electrons. The van der Waals surface area contributed by atoms with Crippen molar-refractivity contribution in [1.82, 2.24) is 4.83 Å². The normalized spacial score (nSPS) is 11.5. The van der Waals surface area contributed by atoms with Gasteiger partial charge in [0, 0.05) is 15.1 Å². The molecule has 0 amide bonds. The second kappa shape index (κ2) is 9.23. The van der Waals surface area contributed by atoms with Crippen LogP contribution < -0.4 is 9.57 Å². The van der Waals surface area contributed by atoms with E-state index in [1.54, 1.807) is 12.1 Å². The van der Waals surface area contributed by atoms with Crippen molar-refractivity contribution in [3.8, 4) is 5.75 Å². The van der Waals surface area contributed by atoms with E-state index in [1.807, 2.05) is 36.4 Å². The molecule has 0 spiro atoms. The Morgan fingerprint density at radius 1 is 1.04 bits per heavy atom. The minimum atomic E-state index is -3.78. The van der Waals surface area contributed by atoms with E-state index in [2.05, 4.69) is 25.9 Å². The monoisotopic (exact) mass is 478 g/mol. The predicted molar refractivity (Wildman–Crippen MR) is 114 cm³/mol. The van der Waals surface area contributed by atoms with Crippen molar-refractivity contribution in [2.45, 2.75) is 11.5 Å². The third-order valence-corrected chi connectivity index (χ3v) is 5.69. The molecule has 0 saturated carbocycles. The quantitative estimate of drug-likeness (QED) is 0.383. The minimum Gasteiger partial charge on any atom is -0.488 e. The Morgan fingerprint density at radius 2 is 1.75 bits per heavy atom. The SMILES string of the molecule is O=S(=O)(N/N=C/c1cc(Br)ccc1OCc1ccccc1)c1ccc(Cl)cc1. The van der Waals surface area contributed by atoms with Gasteiger partial charge < -0.3 is 4.74 Å². The first-order valence-corrected chi connectivity index (χ1v) is 10.9. The molecular weight excluding hydrogens is 464 g/mol. The average molecular weight is 480 g/mol. The van der Waals surface area contributed by atoms with Crippen molar-refractivity contribution in [2.75, 3.05) is 0 Å². The van der Waals surface area contributed by atoms with Gasteiger partial charge in [0.1, 0.15) is 12.4 Å².